The third-order valence-corrected chi connectivity index (χ3v) is 4.70. The Morgan fingerprint density at radius 3 is 2.37 bits per heavy atom. The number of alkyl halides is 3. The van der Waals surface area contributed by atoms with E-state index in [2.05, 4.69) is 5.32 Å². The number of hydrogen-bond donors (Lipinski definition) is 1. The Bertz CT molecular complexity index is 982. The van der Waals surface area contributed by atoms with Crippen LogP contribution in [0.4, 0.5) is 18.9 Å². The summed E-state index contributed by atoms with van der Waals surface area (Å²) in [4.78, 5) is 27.1. The van der Waals surface area contributed by atoms with Gasteiger partial charge in [0, 0.05) is 25.9 Å². The van der Waals surface area contributed by atoms with E-state index in [1.165, 1.54) is 19.2 Å². The van der Waals surface area contributed by atoms with E-state index in [-0.39, 0.29) is 23.5 Å². The van der Waals surface area contributed by atoms with E-state index in [1.54, 1.807) is 24.3 Å². The molecule has 0 bridgehead atoms. The summed E-state index contributed by atoms with van der Waals surface area (Å²) < 4.78 is 44.1. The van der Waals surface area contributed by atoms with Crippen LogP contribution in [-0.2, 0) is 20.5 Å². The van der Waals surface area contributed by atoms with Gasteiger partial charge in [0.25, 0.3) is 11.8 Å². The molecule has 0 saturated carbocycles. The number of nitrogens with zero attached hydrogens (tertiary/aromatic N) is 1. The molecular weight excluding hydrogens is 397 g/mol. The highest BCUT2D eigenvalue weighted by atomic mass is 19.4. The Hall–Kier alpha value is -3.13. The lowest BCUT2D eigenvalue weighted by molar-refractivity contribution is -0.138. The van der Waals surface area contributed by atoms with Crippen molar-refractivity contribution in [2.45, 2.75) is 19.5 Å². The number of halogens is 3. The monoisotopic (exact) mass is 418 g/mol. The molecule has 0 fully saturated rings. The largest absolute Gasteiger partial charge is 0.416 e. The molecule has 1 heterocycles. The topological polar surface area (TPSA) is 58.6 Å². The minimum Gasteiger partial charge on any atom is -0.385 e. The van der Waals surface area contributed by atoms with Crippen LogP contribution in [0.3, 0.4) is 0 Å². The summed E-state index contributed by atoms with van der Waals surface area (Å²) in [5.74, 6) is -1.07. The van der Waals surface area contributed by atoms with Gasteiger partial charge in [-0.2, -0.15) is 13.2 Å². The molecule has 2 aromatic rings. The number of rotatable bonds is 7. The molecule has 1 N–H and O–H groups in total. The normalized spacial score (nSPS) is 14.6. The third kappa shape index (κ3) is 4.54. The van der Waals surface area contributed by atoms with Crippen molar-refractivity contribution in [3.8, 4) is 0 Å². The predicted molar refractivity (Wildman–Crippen MR) is 106 cm³/mol. The van der Waals surface area contributed by atoms with E-state index >= 15 is 0 Å². The van der Waals surface area contributed by atoms with Crippen molar-refractivity contribution in [1.29, 1.82) is 0 Å². The Labute approximate surface area is 172 Å². The summed E-state index contributed by atoms with van der Waals surface area (Å²) in [6.07, 6.45) is -4.07. The molecule has 3 rings (SSSR count). The van der Waals surface area contributed by atoms with Gasteiger partial charge in [0.15, 0.2) is 0 Å². The second kappa shape index (κ2) is 8.71. The van der Waals surface area contributed by atoms with E-state index in [0.717, 1.165) is 22.6 Å². The number of carbonyl (C=O) groups is 2. The first-order valence-electron chi connectivity index (χ1n) is 9.33. The summed E-state index contributed by atoms with van der Waals surface area (Å²) in [6.45, 7) is 2.40. The average Bonchev–Trinajstić information content (AvgIpc) is 2.93. The van der Waals surface area contributed by atoms with Gasteiger partial charge in [0.2, 0.25) is 0 Å². The highest BCUT2D eigenvalue weighted by Crippen LogP contribution is 2.34. The molecule has 0 spiro atoms. The highest BCUT2D eigenvalue weighted by molar-refractivity contribution is 6.36. The zero-order valence-corrected chi connectivity index (χ0v) is 16.5. The summed E-state index contributed by atoms with van der Waals surface area (Å²) >= 11 is 0. The highest BCUT2D eigenvalue weighted by Gasteiger charge is 2.39. The van der Waals surface area contributed by atoms with Crippen LogP contribution in [0.2, 0.25) is 0 Å². The van der Waals surface area contributed by atoms with E-state index in [9.17, 15) is 22.8 Å². The van der Waals surface area contributed by atoms with Gasteiger partial charge in [-0.1, -0.05) is 35.9 Å². The molecule has 0 aromatic heterocycles. The summed E-state index contributed by atoms with van der Waals surface area (Å²) in [7, 11) is 1.52. The molecule has 30 heavy (non-hydrogen) atoms. The average molecular weight is 418 g/mol. The van der Waals surface area contributed by atoms with Gasteiger partial charge in [-0.3, -0.25) is 14.5 Å². The van der Waals surface area contributed by atoms with Gasteiger partial charge in [-0.25, -0.2) is 0 Å². The maximum absolute atomic E-state index is 13.1. The van der Waals surface area contributed by atoms with E-state index in [4.69, 9.17) is 4.74 Å². The molecule has 0 aliphatic carbocycles. The van der Waals surface area contributed by atoms with Crippen LogP contribution < -0.4 is 5.32 Å². The third-order valence-electron chi connectivity index (χ3n) is 4.70. The lowest BCUT2D eigenvalue weighted by Gasteiger charge is -2.15. The molecule has 5 nitrogen and oxygen atoms in total. The zero-order valence-electron chi connectivity index (χ0n) is 16.5. The number of benzene rings is 2. The van der Waals surface area contributed by atoms with Crippen molar-refractivity contribution in [2.24, 2.45) is 0 Å². The van der Waals surface area contributed by atoms with Crippen molar-refractivity contribution in [3.05, 3.63) is 70.9 Å². The van der Waals surface area contributed by atoms with Gasteiger partial charge in [0.05, 0.1) is 11.1 Å². The van der Waals surface area contributed by atoms with Crippen molar-refractivity contribution in [1.82, 2.24) is 4.90 Å². The van der Waals surface area contributed by atoms with Crippen molar-refractivity contribution < 1.29 is 27.5 Å². The molecule has 2 aromatic carbocycles. The molecule has 1 aliphatic heterocycles. The van der Waals surface area contributed by atoms with Gasteiger partial charge in [-0.15, -0.1) is 0 Å². The number of amides is 2. The van der Waals surface area contributed by atoms with Crippen LogP contribution in [-0.4, -0.2) is 37.0 Å². The summed E-state index contributed by atoms with van der Waals surface area (Å²) in [6, 6.07) is 11.5. The Morgan fingerprint density at radius 2 is 1.73 bits per heavy atom. The van der Waals surface area contributed by atoms with Crippen LogP contribution in [0.15, 0.2) is 54.2 Å². The van der Waals surface area contributed by atoms with Crippen LogP contribution in [0.5, 0.6) is 0 Å². The van der Waals surface area contributed by atoms with Gasteiger partial charge >= 0.3 is 6.18 Å². The molecule has 8 heteroatoms. The first kappa shape index (κ1) is 21.6. The number of aryl methyl sites for hydroxylation is 1. The smallest absolute Gasteiger partial charge is 0.385 e. The van der Waals surface area contributed by atoms with Crippen molar-refractivity contribution in [3.63, 3.8) is 0 Å². The second-order valence-corrected chi connectivity index (χ2v) is 6.93. The number of methoxy groups -OCH3 is 1. The number of carbonyl (C=O) groups excluding carboxylic acids is 2. The van der Waals surface area contributed by atoms with Gasteiger partial charge in [0.1, 0.15) is 5.70 Å². The maximum Gasteiger partial charge on any atom is 0.416 e. The molecule has 158 valence electrons. The summed E-state index contributed by atoms with van der Waals surface area (Å²) in [5, 5.41) is 2.75. The van der Waals surface area contributed by atoms with E-state index in [0.29, 0.717) is 18.6 Å². The lowest BCUT2D eigenvalue weighted by atomic mass is 10.0. The minimum absolute atomic E-state index is 0.0411. The Kier molecular flexibility index (Phi) is 6.26. The zero-order chi connectivity index (χ0) is 21.9. The SMILES string of the molecule is COCCCN1C(=O)C(Nc2cccc(C(F)(F)F)c2)=C(c2ccc(C)cc2)C1=O. The number of anilines is 1. The quantitative estimate of drug-likeness (QED) is 0.540. The van der Waals surface area contributed by atoms with E-state index < -0.39 is 23.6 Å². The number of hydrogen-bond acceptors (Lipinski definition) is 4. The van der Waals surface area contributed by atoms with E-state index in [1.807, 2.05) is 6.92 Å². The first-order chi connectivity index (χ1) is 14.2. The lowest BCUT2D eigenvalue weighted by Crippen LogP contribution is -2.33. The van der Waals surface area contributed by atoms with Crippen molar-refractivity contribution in [2.75, 3.05) is 25.6 Å². The molecule has 0 atom stereocenters. The molecule has 1 aliphatic rings. The molecule has 0 radical (unpaired) electrons. The van der Waals surface area contributed by atoms with Crippen LogP contribution >= 0.6 is 0 Å². The molecular formula is C22H21F3N2O3. The fourth-order valence-corrected chi connectivity index (χ4v) is 3.17. The molecule has 0 unspecified atom stereocenters. The minimum atomic E-state index is -4.52. The number of nitrogens with one attached hydrogen (secondary N) is 1. The van der Waals surface area contributed by atoms with Crippen LogP contribution in [0.1, 0.15) is 23.1 Å². The predicted octanol–water partition coefficient (Wildman–Crippen LogP) is 4.24. The fourth-order valence-electron chi connectivity index (χ4n) is 3.17. The van der Waals surface area contributed by atoms with Gasteiger partial charge < -0.3 is 10.1 Å². The second-order valence-electron chi connectivity index (χ2n) is 6.93. The maximum atomic E-state index is 13.1. The Morgan fingerprint density at radius 1 is 1.03 bits per heavy atom. The standard InChI is InChI=1S/C22H21F3N2O3/c1-14-7-9-15(10-8-14)18-19(21(29)27(20(18)28)11-4-12-30-2)26-17-6-3-5-16(13-17)22(23,24)25/h3,5-10,13,26H,4,11-12H2,1-2H3. The number of imide groups is 1. The fraction of sp³-hybridized carbons (Fsp3) is 0.273. The van der Waals surface area contributed by atoms with Crippen molar-refractivity contribution >= 4 is 23.1 Å². The molecule has 2 amide bonds. The first-order valence-corrected chi connectivity index (χ1v) is 9.33. The number of ether oxygens (including phenoxy) is 1. The van der Waals surface area contributed by atoms with Crippen LogP contribution in [0.25, 0.3) is 5.57 Å². The van der Waals surface area contributed by atoms with Crippen LogP contribution in [0, 0.1) is 6.92 Å². The Balaban J connectivity index is 2.00. The van der Waals surface area contributed by atoms with Gasteiger partial charge in [-0.05, 0) is 37.1 Å². The summed E-state index contributed by atoms with van der Waals surface area (Å²) in [5.41, 5.74) is 0.807. The molecule has 0 saturated heterocycles.